The summed E-state index contributed by atoms with van der Waals surface area (Å²) >= 11 is 0. The van der Waals surface area contributed by atoms with Gasteiger partial charge in [-0.15, -0.1) is 0 Å². The molecule has 6 heteroatoms. The van der Waals surface area contributed by atoms with Gasteiger partial charge in [-0.25, -0.2) is 15.0 Å². The van der Waals surface area contributed by atoms with E-state index in [-0.39, 0.29) is 0 Å². The van der Waals surface area contributed by atoms with Crippen LogP contribution in [0.2, 0.25) is 0 Å². The highest BCUT2D eigenvalue weighted by Gasteiger charge is 2.27. The molecule has 0 saturated heterocycles. The van der Waals surface area contributed by atoms with Crippen LogP contribution in [0.3, 0.4) is 0 Å². The molecular weight excluding hydrogens is 843 g/mol. The van der Waals surface area contributed by atoms with Crippen molar-refractivity contribution in [3.8, 4) is 45.5 Å². The summed E-state index contributed by atoms with van der Waals surface area (Å²) in [7, 11) is 0. The van der Waals surface area contributed by atoms with Crippen molar-refractivity contribution in [1.82, 2.24) is 24.1 Å². The number of furan rings is 1. The van der Waals surface area contributed by atoms with E-state index in [1.165, 1.54) is 32.3 Å². The van der Waals surface area contributed by atoms with Gasteiger partial charge >= 0.3 is 0 Å². The van der Waals surface area contributed by atoms with Gasteiger partial charge in [0.1, 0.15) is 11.2 Å². The first-order valence-electron chi connectivity index (χ1n) is 23.4. The number of hydrogen-bond acceptors (Lipinski definition) is 4. The molecule has 0 aliphatic heterocycles. The standard InChI is InChI=1S/C63H37N5O/c1-2-21-42(22-3-1)67-50-29-12-10-25-46(50)58-48(28-15-30-51(58)67)62-64-61(45-27-14-20-38-16-6-8-23-43(38)45)65-63(66-62)60-53(34-35-56-59(60)47-26-11-13-31-55(47)69-56)68-52-33-32-39-17-7-9-24-44(39)57(52)49-36-40-18-4-5-19-41(40)37-54(49)68/h1-37H. The van der Waals surface area contributed by atoms with Crippen LogP contribution in [0.15, 0.2) is 229 Å². The third kappa shape index (κ3) is 5.57. The van der Waals surface area contributed by atoms with Gasteiger partial charge in [0.05, 0.1) is 33.3 Å². The third-order valence-electron chi connectivity index (χ3n) is 14.1. The van der Waals surface area contributed by atoms with Gasteiger partial charge in [0.25, 0.3) is 0 Å². The van der Waals surface area contributed by atoms with E-state index in [9.17, 15) is 0 Å². The Hall–Kier alpha value is -9.39. The Morgan fingerprint density at radius 3 is 1.74 bits per heavy atom. The fraction of sp³-hybridized carbons (Fsp3) is 0. The maximum atomic E-state index is 6.73. The second-order valence-electron chi connectivity index (χ2n) is 17.9. The van der Waals surface area contributed by atoms with E-state index in [0.29, 0.717) is 17.5 Å². The molecule has 0 unspecified atom stereocenters. The minimum Gasteiger partial charge on any atom is -0.456 e. The van der Waals surface area contributed by atoms with Gasteiger partial charge in [-0.3, -0.25) is 0 Å². The van der Waals surface area contributed by atoms with Gasteiger partial charge < -0.3 is 13.6 Å². The average Bonchev–Trinajstić information content (AvgIpc) is 4.07. The van der Waals surface area contributed by atoms with Crippen molar-refractivity contribution in [3.63, 3.8) is 0 Å². The first kappa shape index (κ1) is 37.8. The topological polar surface area (TPSA) is 61.7 Å². The maximum absolute atomic E-state index is 6.73. The molecule has 0 spiro atoms. The van der Waals surface area contributed by atoms with Gasteiger partial charge in [0.2, 0.25) is 0 Å². The van der Waals surface area contributed by atoms with Crippen molar-refractivity contribution in [1.29, 1.82) is 0 Å². The lowest BCUT2D eigenvalue weighted by atomic mass is 10.0. The van der Waals surface area contributed by atoms with E-state index in [1.54, 1.807) is 0 Å². The number of benzene rings is 11. The highest BCUT2D eigenvalue weighted by molar-refractivity contribution is 6.24. The first-order chi connectivity index (χ1) is 34.2. The molecular formula is C63H37N5O. The zero-order chi connectivity index (χ0) is 45.2. The Morgan fingerprint density at radius 2 is 0.899 bits per heavy atom. The number of hydrogen-bond donors (Lipinski definition) is 0. The van der Waals surface area contributed by atoms with Crippen LogP contribution < -0.4 is 0 Å². The smallest absolute Gasteiger partial charge is 0.166 e. The van der Waals surface area contributed by atoms with E-state index in [4.69, 9.17) is 19.4 Å². The molecule has 0 aliphatic carbocycles. The number of aromatic nitrogens is 5. The first-order valence-corrected chi connectivity index (χ1v) is 23.4. The monoisotopic (exact) mass is 879 g/mol. The predicted molar refractivity (Wildman–Crippen MR) is 285 cm³/mol. The summed E-state index contributed by atoms with van der Waals surface area (Å²) in [6.07, 6.45) is 0. The highest BCUT2D eigenvalue weighted by atomic mass is 16.3. The molecule has 0 N–H and O–H groups in total. The molecule has 4 heterocycles. The van der Waals surface area contributed by atoms with Crippen molar-refractivity contribution in [2.75, 3.05) is 0 Å². The third-order valence-corrected chi connectivity index (χ3v) is 14.1. The number of nitrogens with zero attached hydrogens (tertiary/aromatic N) is 5. The fourth-order valence-electron chi connectivity index (χ4n) is 11.2. The molecule has 11 aromatic carbocycles. The second-order valence-corrected chi connectivity index (χ2v) is 17.9. The summed E-state index contributed by atoms with van der Waals surface area (Å²) in [6, 6.07) is 79.7. The highest BCUT2D eigenvalue weighted by Crippen LogP contribution is 2.46. The zero-order valence-corrected chi connectivity index (χ0v) is 37.0. The SMILES string of the molecule is c1ccc(-n2c3ccccc3c3c(-c4nc(-c5cccc6ccccc56)nc(-c5c(-n6c7cc8ccccc8cc7c7c8ccccc8ccc76)ccc6oc7ccccc7c56)n4)cccc32)cc1. The molecule has 6 nitrogen and oxygen atoms in total. The van der Waals surface area contributed by atoms with Gasteiger partial charge in [0, 0.05) is 49.1 Å². The Bertz CT molecular complexity index is 4610. The van der Waals surface area contributed by atoms with Gasteiger partial charge in [-0.2, -0.15) is 0 Å². The van der Waals surface area contributed by atoms with Crippen LogP contribution in [-0.4, -0.2) is 24.1 Å². The number of rotatable bonds is 5. The van der Waals surface area contributed by atoms with E-state index < -0.39 is 0 Å². The summed E-state index contributed by atoms with van der Waals surface area (Å²) in [4.78, 5) is 16.8. The number of para-hydroxylation sites is 3. The summed E-state index contributed by atoms with van der Waals surface area (Å²) in [5, 5.41) is 13.4. The molecule has 0 saturated carbocycles. The van der Waals surface area contributed by atoms with Crippen LogP contribution in [0.4, 0.5) is 0 Å². The lowest BCUT2D eigenvalue weighted by Gasteiger charge is -2.17. The van der Waals surface area contributed by atoms with E-state index >= 15 is 0 Å². The Balaban J connectivity index is 1.11. The molecule has 4 aromatic heterocycles. The molecule has 0 amide bonds. The molecule has 69 heavy (non-hydrogen) atoms. The van der Waals surface area contributed by atoms with Crippen LogP contribution in [0.25, 0.3) is 143 Å². The van der Waals surface area contributed by atoms with Gasteiger partial charge in [-0.1, -0.05) is 164 Å². The molecule has 0 atom stereocenters. The van der Waals surface area contributed by atoms with Crippen LogP contribution in [0.5, 0.6) is 0 Å². The summed E-state index contributed by atoms with van der Waals surface area (Å²) < 4.78 is 11.5. The molecule has 15 aromatic rings. The Morgan fingerprint density at radius 1 is 0.304 bits per heavy atom. The Kier molecular flexibility index (Phi) is 7.97. The van der Waals surface area contributed by atoms with E-state index in [0.717, 1.165) is 93.6 Å². The van der Waals surface area contributed by atoms with E-state index in [1.807, 2.05) is 12.1 Å². The van der Waals surface area contributed by atoms with Crippen LogP contribution in [0, 0.1) is 0 Å². The van der Waals surface area contributed by atoms with Crippen molar-refractivity contribution < 1.29 is 4.42 Å². The zero-order valence-electron chi connectivity index (χ0n) is 37.0. The van der Waals surface area contributed by atoms with E-state index in [2.05, 4.69) is 221 Å². The van der Waals surface area contributed by atoms with Crippen LogP contribution >= 0.6 is 0 Å². The number of fused-ring (bicyclic) bond motifs is 13. The van der Waals surface area contributed by atoms with Crippen LogP contribution in [-0.2, 0) is 0 Å². The molecule has 0 fully saturated rings. The molecule has 0 bridgehead atoms. The summed E-state index contributed by atoms with van der Waals surface area (Å²) in [6.45, 7) is 0. The predicted octanol–water partition coefficient (Wildman–Crippen LogP) is 16.4. The average molecular weight is 880 g/mol. The minimum absolute atomic E-state index is 0.551. The maximum Gasteiger partial charge on any atom is 0.166 e. The Labute approximate surface area is 394 Å². The van der Waals surface area contributed by atoms with Crippen molar-refractivity contribution in [3.05, 3.63) is 224 Å². The second kappa shape index (κ2) is 14.6. The molecule has 15 rings (SSSR count). The van der Waals surface area contributed by atoms with Gasteiger partial charge in [0.15, 0.2) is 17.5 Å². The van der Waals surface area contributed by atoms with Crippen molar-refractivity contribution >= 4 is 97.9 Å². The lowest BCUT2D eigenvalue weighted by molar-refractivity contribution is 0.669. The largest absolute Gasteiger partial charge is 0.456 e. The normalized spacial score (nSPS) is 12.1. The summed E-state index contributed by atoms with van der Waals surface area (Å²) in [5.41, 5.74) is 10.7. The minimum atomic E-state index is 0.551. The van der Waals surface area contributed by atoms with Crippen LogP contribution in [0.1, 0.15) is 0 Å². The fourth-order valence-corrected chi connectivity index (χ4v) is 11.2. The molecule has 320 valence electrons. The molecule has 0 radical (unpaired) electrons. The summed E-state index contributed by atoms with van der Waals surface area (Å²) in [5.74, 6) is 1.72. The van der Waals surface area contributed by atoms with Crippen molar-refractivity contribution in [2.24, 2.45) is 0 Å². The quantitative estimate of drug-likeness (QED) is 0.173. The van der Waals surface area contributed by atoms with Crippen molar-refractivity contribution in [2.45, 2.75) is 0 Å². The van der Waals surface area contributed by atoms with Gasteiger partial charge in [-0.05, 0) is 93.0 Å². The lowest BCUT2D eigenvalue weighted by Crippen LogP contribution is -2.04. The molecule has 0 aliphatic rings.